The third kappa shape index (κ3) is 4.56. The molecular weight excluding hydrogens is 625 g/mol. The Kier molecular flexibility index (Phi) is 6.42. The summed E-state index contributed by atoms with van der Waals surface area (Å²) in [5.41, 5.74) is 11.9. The topological polar surface area (TPSA) is 40.2 Å². The molecular formula is C47H36N2O2. The molecule has 0 fully saturated rings. The van der Waals surface area contributed by atoms with Crippen molar-refractivity contribution in [3.8, 4) is 28.3 Å². The van der Waals surface area contributed by atoms with Gasteiger partial charge in [-0.3, -0.25) is 0 Å². The Morgan fingerprint density at radius 3 is 2.49 bits per heavy atom. The standard InChI is InChI=1S/C47H36N2O2/c1-2-11-29(12-3-1)47-48-40-17-6-7-18-41(40)49(47)35-14-10-13-30(27-35)31-21-22-33-26-34(24-23-32(33)25-31)38-28-39-36-15-4-8-19-42(36)50-46(39)44-37-16-5-9-20-43(37)51-45(38)44/h1-4,6,8-13,15,17,19-28,35-36,42H,5,7,14,16,18H2. The first kappa shape index (κ1) is 28.9. The second-order valence-electron chi connectivity index (χ2n) is 14.4. The van der Waals surface area contributed by atoms with Crippen molar-refractivity contribution in [1.29, 1.82) is 0 Å². The van der Waals surface area contributed by atoms with E-state index in [0.717, 1.165) is 77.2 Å². The molecule has 0 amide bonds. The normalized spacial score (nSPS) is 21.0. The van der Waals surface area contributed by atoms with Crippen molar-refractivity contribution < 1.29 is 9.15 Å². The molecule has 5 aliphatic rings. The van der Waals surface area contributed by atoms with Crippen LogP contribution in [0.15, 0.2) is 132 Å². The minimum atomic E-state index is 0.0341. The van der Waals surface area contributed by atoms with E-state index in [0.29, 0.717) is 0 Å². The van der Waals surface area contributed by atoms with Gasteiger partial charge in [0.1, 0.15) is 29.0 Å². The number of imidazole rings is 1. The van der Waals surface area contributed by atoms with Crippen LogP contribution in [0, 0.1) is 0 Å². The Bertz CT molecular complexity index is 2600. The first-order valence-electron chi connectivity index (χ1n) is 18.3. The number of aromatic nitrogens is 2. The number of ether oxygens (including phenoxy) is 1. The number of rotatable bonds is 4. The number of benzene rings is 4. The van der Waals surface area contributed by atoms with Crippen LogP contribution >= 0.6 is 0 Å². The molecule has 51 heavy (non-hydrogen) atoms. The number of allylic oxidation sites excluding steroid dienone is 8. The summed E-state index contributed by atoms with van der Waals surface area (Å²) in [5.74, 6) is 3.24. The molecule has 4 aromatic carbocycles. The summed E-state index contributed by atoms with van der Waals surface area (Å²) in [5, 5.41) is 3.60. The van der Waals surface area contributed by atoms with E-state index < -0.39 is 0 Å². The lowest BCUT2D eigenvalue weighted by atomic mass is 9.87. The van der Waals surface area contributed by atoms with E-state index in [1.165, 1.54) is 44.3 Å². The van der Waals surface area contributed by atoms with Gasteiger partial charge in [0.2, 0.25) is 0 Å². The molecule has 0 saturated heterocycles. The van der Waals surface area contributed by atoms with Crippen LogP contribution in [0.1, 0.15) is 65.1 Å². The number of aryl methyl sites for hydroxylation is 1. The van der Waals surface area contributed by atoms with Gasteiger partial charge in [-0.2, -0.15) is 0 Å². The van der Waals surface area contributed by atoms with Crippen molar-refractivity contribution in [3.63, 3.8) is 0 Å². The van der Waals surface area contributed by atoms with Gasteiger partial charge >= 0.3 is 0 Å². The van der Waals surface area contributed by atoms with Crippen molar-refractivity contribution in [3.05, 3.63) is 161 Å². The summed E-state index contributed by atoms with van der Waals surface area (Å²) >= 11 is 0. The SMILES string of the molecule is C1=CC2Oc3c(cc(-c4ccc5cc(C6=CC(n7c(-c8ccccc8)nc8c7CCC=C8)CC=C6)ccc5c4)c4oc5c(c34)CCC=C5)C2C=C1. The summed E-state index contributed by atoms with van der Waals surface area (Å²) in [7, 11) is 0. The Hall–Kier alpha value is -5.87. The molecule has 3 unspecified atom stereocenters. The highest BCUT2D eigenvalue weighted by atomic mass is 16.5. The van der Waals surface area contributed by atoms with Crippen LogP contribution < -0.4 is 4.74 Å². The zero-order chi connectivity index (χ0) is 33.5. The van der Waals surface area contributed by atoms with E-state index in [9.17, 15) is 0 Å². The van der Waals surface area contributed by atoms with Gasteiger partial charge in [-0.05, 0) is 96.0 Å². The second-order valence-corrected chi connectivity index (χ2v) is 14.4. The molecule has 4 heteroatoms. The van der Waals surface area contributed by atoms with Crippen LogP contribution in [0.25, 0.3) is 62.0 Å². The van der Waals surface area contributed by atoms with Crippen molar-refractivity contribution in [2.24, 2.45) is 0 Å². The molecule has 0 N–H and O–H groups in total. The molecule has 4 aliphatic carbocycles. The Labute approximate surface area is 297 Å². The average Bonchev–Trinajstić information content (AvgIpc) is 3.89. The van der Waals surface area contributed by atoms with Crippen LogP contribution in [0.5, 0.6) is 5.75 Å². The van der Waals surface area contributed by atoms with Gasteiger partial charge in [0, 0.05) is 33.9 Å². The molecule has 2 aromatic heterocycles. The van der Waals surface area contributed by atoms with Crippen molar-refractivity contribution in [2.45, 2.75) is 50.2 Å². The molecule has 0 spiro atoms. The van der Waals surface area contributed by atoms with Crippen molar-refractivity contribution >= 4 is 39.5 Å². The number of hydrogen-bond acceptors (Lipinski definition) is 3. The minimum absolute atomic E-state index is 0.0341. The third-order valence-corrected chi connectivity index (χ3v) is 11.4. The molecule has 246 valence electrons. The largest absolute Gasteiger partial charge is 0.484 e. The molecule has 11 rings (SSSR count). The van der Waals surface area contributed by atoms with Gasteiger partial charge in [0.15, 0.2) is 0 Å². The molecule has 1 aliphatic heterocycles. The van der Waals surface area contributed by atoms with E-state index >= 15 is 0 Å². The van der Waals surface area contributed by atoms with Crippen LogP contribution in [0.2, 0.25) is 0 Å². The fourth-order valence-electron chi connectivity index (χ4n) is 8.91. The Morgan fingerprint density at radius 2 is 1.57 bits per heavy atom. The molecule has 4 nitrogen and oxygen atoms in total. The predicted octanol–water partition coefficient (Wildman–Crippen LogP) is 11.6. The molecule has 0 bridgehead atoms. The van der Waals surface area contributed by atoms with Gasteiger partial charge in [-0.15, -0.1) is 0 Å². The van der Waals surface area contributed by atoms with E-state index in [4.69, 9.17) is 14.1 Å². The third-order valence-electron chi connectivity index (χ3n) is 11.4. The van der Waals surface area contributed by atoms with Crippen molar-refractivity contribution in [2.75, 3.05) is 0 Å². The lowest BCUT2D eigenvalue weighted by Crippen LogP contribution is -2.15. The number of fused-ring (bicyclic) bond motifs is 9. The molecule has 0 radical (unpaired) electrons. The highest BCUT2D eigenvalue weighted by Crippen LogP contribution is 2.51. The number of nitrogens with zero attached hydrogens (tertiary/aromatic N) is 2. The second kappa shape index (κ2) is 11.3. The van der Waals surface area contributed by atoms with Crippen LogP contribution in [-0.2, 0) is 12.8 Å². The van der Waals surface area contributed by atoms with Gasteiger partial charge in [-0.25, -0.2) is 4.98 Å². The number of hydrogen-bond donors (Lipinski definition) is 0. The first-order valence-corrected chi connectivity index (χ1v) is 18.3. The predicted molar refractivity (Wildman–Crippen MR) is 208 cm³/mol. The summed E-state index contributed by atoms with van der Waals surface area (Å²) in [6.45, 7) is 0. The van der Waals surface area contributed by atoms with Crippen LogP contribution in [-0.4, -0.2) is 15.7 Å². The molecule has 6 aromatic rings. The first-order chi connectivity index (χ1) is 25.3. The van der Waals surface area contributed by atoms with E-state index in [1.54, 1.807) is 0 Å². The van der Waals surface area contributed by atoms with Gasteiger partial charge in [0.05, 0.1) is 17.1 Å². The maximum atomic E-state index is 6.65. The smallest absolute Gasteiger partial charge is 0.146 e. The van der Waals surface area contributed by atoms with Gasteiger partial charge in [-0.1, -0.05) is 103 Å². The summed E-state index contributed by atoms with van der Waals surface area (Å²) < 4.78 is 15.8. The zero-order valence-corrected chi connectivity index (χ0v) is 28.3. The molecule has 0 saturated carbocycles. The lowest BCUT2D eigenvalue weighted by molar-refractivity contribution is 0.271. The minimum Gasteiger partial charge on any atom is -0.484 e. The molecule has 3 atom stereocenters. The summed E-state index contributed by atoms with van der Waals surface area (Å²) in [6, 6.07) is 26.9. The quantitative estimate of drug-likeness (QED) is 0.189. The summed E-state index contributed by atoms with van der Waals surface area (Å²) in [6.07, 6.45) is 29.6. The average molecular weight is 661 g/mol. The van der Waals surface area contributed by atoms with Crippen molar-refractivity contribution in [1.82, 2.24) is 9.55 Å². The zero-order valence-electron chi connectivity index (χ0n) is 28.3. The van der Waals surface area contributed by atoms with E-state index in [2.05, 4.69) is 144 Å². The van der Waals surface area contributed by atoms with E-state index in [-0.39, 0.29) is 18.1 Å². The number of furan rings is 1. The van der Waals surface area contributed by atoms with Crippen LogP contribution in [0.3, 0.4) is 0 Å². The Balaban J connectivity index is 0.986. The lowest BCUT2D eigenvalue weighted by Gasteiger charge is -2.24. The molecule has 3 heterocycles. The highest BCUT2D eigenvalue weighted by molar-refractivity contribution is 6.03. The summed E-state index contributed by atoms with van der Waals surface area (Å²) in [4.78, 5) is 5.14. The van der Waals surface area contributed by atoms with Gasteiger partial charge in [0.25, 0.3) is 0 Å². The highest BCUT2D eigenvalue weighted by Gasteiger charge is 2.37. The maximum absolute atomic E-state index is 6.65. The van der Waals surface area contributed by atoms with Crippen LogP contribution in [0.4, 0.5) is 0 Å². The fourth-order valence-corrected chi connectivity index (χ4v) is 8.91. The monoisotopic (exact) mass is 660 g/mol. The Morgan fingerprint density at radius 1 is 0.745 bits per heavy atom. The maximum Gasteiger partial charge on any atom is 0.146 e. The fraction of sp³-hybridized carbons (Fsp3) is 0.170. The van der Waals surface area contributed by atoms with E-state index in [1.807, 2.05) is 0 Å². The van der Waals surface area contributed by atoms with Gasteiger partial charge < -0.3 is 13.7 Å².